The molecule has 1 heterocycles. The number of anilines is 1. The summed E-state index contributed by atoms with van der Waals surface area (Å²) in [6.45, 7) is 2.73. The summed E-state index contributed by atoms with van der Waals surface area (Å²) in [5.41, 5.74) is 6.94. The molecule has 1 aromatic heterocycles. The number of aryl methyl sites for hydroxylation is 1. The summed E-state index contributed by atoms with van der Waals surface area (Å²) in [5, 5.41) is 14.5. The van der Waals surface area contributed by atoms with Gasteiger partial charge in [0.2, 0.25) is 0 Å². The van der Waals surface area contributed by atoms with Gasteiger partial charge in [-0.15, -0.1) is 0 Å². The number of nitrogen functional groups attached to an aromatic ring is 1. The zero-order valence-corrected chi connectivity index (χ0v) is 7.36. The Kier molecular flexibility index (Phi) is 1.62. The molecule has 0 radical (unpaired) electrons. The summed E-state index contributed by atoms with van der Waals surface area (Å²) < 4.78 is 1.77. The number of hydrogen-bond acceptors (Lipinski definition) is 3. The van der Waals surface area contributed by atoms with Crippen molar-refractivity contribution in [1.82, 2.24) is 9.78 Å². The molecule has 13 heavy (non-hydrogen) atoms. The first-order valence-corrected chi connectivity index (χ1v) is 4.17. The smallest absolute Gasteiger partial charge is 0.140 e. The van der Waals surface area contributed by atoms with Gasteiger partial charge in [-0.05, 0) is 19.1 Å². The molecule has 0 saturated carbocycles. The lowest BCUT2D eigenvalue weighted by Crippen LogP contribution is -1.98. The lowest BCUT2D eigenvalue weighted by molar-refractivity contribution is 0.478. The summed E-state index contributed by atoms with van der Waals surface area (Å²) in [6.07, 6.45) is 1.74. The number of hydrogen-bond donors (Lipinski definition) is 2. The van der Waals surface area contributed by atoms with Gasteiger partial charge in [0.1, 0.15) is 11.4 Å². The van der Waals surface area contributed by atoms with Crippen LogP contribution in [-0.2, 0) is 6.54 Å². The largest absolute Gasteiger partial charge is 0.506 e. The SMILES string of the molecule is CCn1ncc2ccc(O)c(N)c21. The van der Waals surface area contributed by atoms with Crippen LogP contribution in [0.4, 0.5) is 5.69 Å². The van der Waals surface area contributed by atoms with Crippen LogP contribution in [0.25, 0.3) is 10.9 Å². The van der Waals surface area contributed by atoms with Crippen molar-refractivity contribution < 1.29 is 5.11 Å². The molecule has 0 unspecified atom stereocenters. The Labute approximate surface area is 75.6 Å². The highest BCUT2D eigenvalue weighted by Gasteiger charge is 2.07. The maximum atomic E-state index is 9.39. The van der Waals surface area contributed by atoms with Gasteiger partial charge >= 0.3 is 0 Å². The zero-order chi connectivity index (χ0) is 9.42. The van der Waals surface area contributed by atoms with Crippen LogP contribution in [0.2, 0.25) is 0 Å². The van der Waals surface area contributed by atoms with Crippen LogP contribution in [-0.4, -0.2) is 14.9 Å². The van der Waals surface area contributed by atoms with Gasteiger partial charge in [0.05, 0.1) is 11.7 Å². The van der Waals surface area contributed by atoms with Crippen molar-refractivity contribution in [2.24, 2.45) is 0 Å². The molecule has 2 rings (SSSR count). The Bertz CT molecular complexity index is 447. The molecule has 0 aliphatic carbocycles. The van der Waals surface area contributed by atoms with Crippen LogP contribution in [0.3, 0.4) is 0 Å². The van der Waals surface area contributed by atoms with Crippen LogP contribution in [0.1, 0.15) is 6.92 Å². The molecule has 0 fully saturated rings. The first-order chi connectivity index (χ1) is 6.24. The lowest BCUT2D eigenvalue weighted by atomic mass is 10.2. The molecule has 0 bridgehead atoms. The number of benzene rings is 1. The first-order valence-electron chi connectivity index (χ1n) is 4.17. The van der Waals surface area contributed by atoms with Gasteiger partial charge in [-0.2, -0.15) is 5.10 Å². The maximum Gasteiger partial charge on any atom is 0.140 e. The molecule has 3 N–H and O–H groups in total. The summed E-state index contributed by atoms with van der Waals surface area (Å²) in [4.78, 5) is 0. The van der Waals surface area contributed by atoms with Gasteiger partial charge in [-0.1, -0.05) is 0 Å². The van der Waals surface area contributed by atoms with E-state index in [9.17, 15) is 5.11 Å². The van der Waals surface area contributed by atoms with E-state index in [0.717, 1.165) is 17.4 Å². The number of nitrogens with two attached hydrogens (primary N) is 1. The molecule has 0 aliphatic rings. The molecule has 1 aromatic carbocycles. The highest BCUT2D eigenvalue weighted by molar-refractivity contribution is 5.92. The number of fused-ring (bicyclic) bond motifs is 1. The van der Waals surface area contributed by atoms with Crippen molar-refractivity contribution in [3.8, 4) is 5.75 Å². The Balaban J connectivity index is 2.85. The van der Waals surface area contributed by atoms with Gasteiger partial charge in [0, 0.05) is 11.9 Å². The van der Waals surface area contributed by atoms with Crippen LogP contribution >= 0.6 is 0 Å². The zero-order valence-electron chi connectivity index (χ0n) is 7.36. The molecule has 2 aromatic rings. The van der Waals surface area contributed by atoms with Crippen LogP contribution in [0, 0.1) is 0 Å². The van der Waals surface area contributed by atoms with E-state index in [1.54, 1.807) is 23.0 Å². The van der Waals surface area contributed by atoms with E-state index in [1.165, 1.54) is 0 Å². The second-order valence-corrected chi connectivity index (χ2v) is 2.90. The van der Waals surface area contributed by atoms with E-state index in [4.69, 9.17) is 5.73 Å². The van der Waals surface area contributed by atoms with E-state index >= 15 is 0 Å². The van der Waals surface area contributed by atoms with Gasteiger partial charge in [0.15, 0.2) is 0 Å². The number of phenolic OH excluding ortho intramolecular Hbond substituents is 1. The van der Waals surface area contributed by atoms with Crippen molar-refractivity contribution in [3.05, 3.63) is 18.3 Å². The summed E-state index contributed by atoms with van der Waals surface area (Å²) >= 11 is 0. The summed E-state index contributed by atoms with van der Waals surface area (Å²) in [6, 6.07) is 3.39. The molecule has 0 aliphatic heterocycles. The average molecular weight is 177 g/mol. The average Bonchev–Trinajstić information content (AvgIpc) is 2.55. The maximum absolute atomic E-state index is 9.39. The second-order valence-electron chi connectivity index (χ2n) is 2.90. The minimum atomic E-state index is 0.114. The fraction of sp³-hybridized carbons (Fsp3) is 0.222. The van der Waals surface area contributed by atoms with Gasteiger partial charge in [0.25, 0.3) is 0 Å². The third-order valence-corrected chi connectivity index (χ3v) is 2.12. The van der Waals surface area contributed by atoms with Crippen molar-refractivity contribution >= 4 is 16.6 Å². The lowest BCUT2D eigenvalue weighted by Gasteiger charge is -2.03. The molecule has 0 saturated heterocycles. The molecule has 0 amide bonds. The predicted molar refractivity (Wildman–Crippen MR) is 51.5 cm³/mol. The van der Waals surface area contributed by atoms with E-state index in [0.29, 0.717) is 5.69 Å². The topological polar surface area (TPSA) is 64.1 Å². The van der Waals surface area contributed by atoms with Gasteiger partial charge in [-0.25, -0.2) is 0 Å². The molecular formula is C9H11N3O. The fourth-order valence-electron chi connectivity index (χ4n) is 1.44. The van der Waals surface area contributed by atoms with Crippen LogP contribution in [0.5, 0.6) is 5.75 Å². The van der Waals surface area contributed by atoms with E-state index < -0.39 is 0 Å². The fourth-order valence-corrected chi connectivity index (χ4v) is 1.44. The summed E-state index contributed by atoms with van der Waals surface area (Å²) in [7, 11) is 0. The van der Waals surface area contributed by atoms with Gasteiger partial charge < -0.3 is 10.8 Å². The molecule has 68 valence electrons. The Morgan fingerprint density at radius 3 is 3.00 bits per heavy atom. The molecule has 4 nitrogen and oxygen atoms in total. The first kappa shape index (κ1) is 7.91. The number of aromatic nitrogens is 2. The van der Waals surface area contributed by atoms with Crippen molar-refractivity contribution in [2.45, 2.75) is 13.5 Å². The minimum Gasteiger partial charge on any atom is -0.506 e. The Hall–Kier alpha value is -1.71. The number of nitrogens with zero attached hydrogens (tertiary/aromatic N) is 2. The highest BCUT2D eigenvalue weighted by atomic mass is 16.3. The molecule has 0 atom stereocenters. The second kappa shape index (κ2) is 2.65. The number of phenols is 1. The molecule has 4 heteroatoms. The molecular weight excluding hydrogens is 166 g/mol. The van der Waals surface area contributed by atoms with Crippen molar-refractivity contribution in [3.63, 3.8) is 0 Å². The quantitative estimate of drug-likeness (QED) is 0.510. The van der Waals surface area contributed by atoms with Crippen molar-refractivity contribution in [2.75, 3.05) is 5.73 Å². The van der Waals surface area contributed by atoms with E-state index in [2.05, 4.69) is 5.10 Å². The summed E-state index contributed by atoms with van der Waals surface area (Å²) in [5.74, 6) is 0.114. The number of aromatic hydroxyl groups is 1. The molecule has 0 spiro atoms. The van der Waals surface area contributed by atoms with E-state index in [-0.39, 0.29) is 5.75 Å². The van der Waals surface area contributed by atoms with Crippen LogP contribution in [0.15, 0.2) is 18.3 Å². The van der Waals surface area contributed by atoms with Crippen molar-refractivity contribution in [1.29, 1.82) is 0 Å². The Morgan fingerprint density at radius 2 is 2.31 bits per heavy atom. The highest BCUT2D eigenvalue weighted by Crippen LogP contribution is 2.28. The third-order valence-electron chi connectivity index (χ3n) is 2.12. The standard InChI is InChI=1S/C9H11N3O/c1-2-12-9-6(5-11-12)3-4-7(13)8(9)10/h3-5,13H,2,10H2,1H3. The monoisotopic (exact) mass is 177 g/mol. The third kappa shape index (κ3) is 1.02. The van der Waals surface area contributed by atoms with Gasteiger partial charge in [-0.3, -0.25) is 4.68 Å². The van der Waals surface area contributed by atoms with E-state index in [1.807, 2.05) is 6.92 Å². The van der Waals surface area contributed by atoms with Crippen LogP contribution < -0.4 is 5.73 Å². The number of rotatable bonds is 1. The minimum absolute atomic E-state index is 0.114. The Morgan fingerprint density at radius 1 is 1.54 bits per heavy atom. The normalized spacial score (nSPS) is 10.8. The predicted octanol–water partition coefficient (Wildman–Crippen LogP) is 1.34.